The molecule has 0 unspecified atom stereocenters. The fraction of sp³-hybridized carbons (Fsp3) is 0.364. The average Bonchev–Trinajstić information content (AvgIpc) is 2.58. The molecule has 0 aliphatic heterocycles. The third kappa shape index (κ3) is 1.79. The van der Waals surface area contributed by atoms with E-state index in [2.05, 4.69) is 55.8 Å². The molecule has 80 valence electrons. The van der Waals surface area contributed by atoms with Crippen LogP contribution in [0.5, 0.6) is 0 Å². The molecule has 0 aromatic carbocycles. The van der Waals surface area contributed by atoms with Gasteiger partial charge in [-0.05, 0) is 35.1 Å². The largest absolute Gasteiger partial charge is 0.314 e. The summed E-state index contributed by atoms with van der Waals surface area (Å²) in [7, 11) is 1.95. The van der Waals surface area contributed by atoms with Gasteiger partial charge in [0.1, 0.15) is 10.4 Å². The van der Waals surface area contributed by atoms with Crippen molar-refractivity contribution in [2.75, 3.05) is 7.05 Å². The Morgan fingerprint density at radius 3 is 2.93 bits per heavy atom. The molecule has 2 aromatic rings. The fourth-order valence-corrected chi connectivity index (χ4v) is 2.31. The smallest absolute Gasteiger partial charge is 0.132 e. The maximum Gasteiger partial charge on any atom is 0.132 e. The Hall–Kier alpha value is -0.870. The molecule has 2 aromatic heterocycles. The molecule has 0 saturated carbocycles. The van der Waals surface area contributed by atoms with Gasteiger partial charge < -0.3 is 5.32 Å². The third-order valence-electron chi connectivity index (χ3n) is 2.44. The molecular formula is C11H14BrN3. The van der Waals surface area contributed by atoms with E-state index in [1.165, 1.54) is 5.69 Å². The Bertz CT molecular complexity index is 476. The van der Waals surface area contributed by atoms with Crippen LogP contribution in [0.2, 0.25) is 0 Å². The van der Waals surface area contributed by atoms with Crippen molar-refractivity contribution in [3.05, 3.63) is 34.3 Å². The number of fused-ring (bicyclic) bond motifs is 1. The van der Waals surface area contributed by atoms with E-state index in [0.29, 0.717) is 0 Å². The van der Waals surface area contributed by atoms with Gasteiger partial charge in [0.25, 0.3) is 0 Å². The number of aryl methyl sites for hydroxylation is 1. The molecule has 0 radical (unpaired) electrons. The monoisotopic (exact) mass is 267 g/mol. The second-order valence-corrected chi connectivity index (χ2v) is 4.19. The van der Waals surface area contributed by atoms with Crippen molar-refractivity contribution in [1.82, 2.24) is 14.7 Å². The zero-order valence-electron chi connectivity index (χ0n) is 8.92. The van der Waals surface area contributed by atoms with Crippen molar-refractivity contribution in [3.63, 3.8) is 0 Å². The summed E-state index contributed by atoms with van der Waals surface area (Å²) in [4.78, 5) is 4.50. The van der Waals surface area contributed by atoms with Crippen molar-refractivity contribution in [3.8, 4) is 0 Å². The molecular weight excluding hydrogens is 254 g/mol. The summed E-state index contributed by atoms with van der Waals surface area (Å²) in [6, 6.07) is 6.26. The molecule has 2 heterocycles. The minimum Gasteiger partial charge on any atom is -0.314 e. The Kier molecular flexibility index (Phi) is 3.07. The highest BCUT2D eigenvalue weighted by atomic mass is 79.9. The predicted octanol–water partition coefficient (Wildman–Crippen LogP) is 2.38. The predicted molar refractivity (Wildman–Crippen MR) is 65.0 cm³/mol. The van der Waals surface area contributed by atoms with Gasteiger partial charge in [-0.15, -0.1) is 0 Å². The first kappa shape index (κ1) is 10.6. The second kappa shape index (κ2) is 4.33. The van der Waals surface area contributed by atoms with Gasteiger partial charge in [-0.1, -0.05) is 13.0 Å². The molecule has 1 N–H and O–H groups in total. The summed E-state index contributed by atoms with van der Waals surface area (Å²) in [5.41, 5.74) is 2.38. The van der Waals surface area contributed by atoms with E-state index < -0.39 is 0 Å². The van der Waals surface area contributed by atoms with Crippen LogP contribution in [0.25, 0.3) is 5.52 Å². The van der Waals surface area contributed by atoms with Crippen molar-refractivity contribution in [2.45, 2.75) is 19.9 Å². The fourth-order valence-electron chi connectivity index (χ4n) is 1.80. The van der Waals surface area contributed by atoms with E-state index in [4.69, 9.17) is 0 Å². The molecule has 0 spiro atoms. The van der Waals surface area contributed by atoms with Gasteiger partial charge in [0.2, 0.25) is 0 Å². The highest BCUT2D eigenvalue weighted by Gasteiger charge is 2.09. The Balaban J connectivity index is 2.70. The van der Waals surface area contributed by atoms with Crippen LogP contribution in [-0.2, 0) is 13.0 Å². The van der Waals surface area contributed by atoms with Crippen LogP contribution in [0, 0.1) is 0 Å². The lowest BCUT2D eigenvalue weighted by Gasteiger charge is -2.06. The van der Waals surface area contributed by atoms with Gasteiger partial charge in [-0.3, -0.25) is 4.40 Å². The molecule has 3 nitrogen and oxygen atoms in total. The number of rotatable bonds is 3. The number of halogens is 1. The first-order valence-electron chi connectivity index (χ1n) is 5.07. The zero-order chi connectivity index (χ0) is 10.8. The van der Waals surface area contributed by atoms with Crippen LogP contribution in [0.15, 0.2) is 22.8 Å². The van der Waals surface area contributed by atoms with Gasteiger partial charge in [0.15, 0.2) is 0 Å². The lowest BCUT2D eigenvalue weighted by molar-refractivity contribution is 0.760. The van der Waals surface area contributed by atoms with Gasteiger partial charge in [-0.25, -0.2) is 4.98 Å². The number of pyridine rings is 1. The highest BCUT2D eigenvalue weighted by Crippen LogP contribution is 2.21. The summed E-state index contributed by atoms with van der Waals surface area (Å²) < 4.78 is 3.14. The topological polar surface area (TPSA) is 29.3 Å². The molecule has 0 aliphatic rings. The van der Waals surface area contributed by atoms with Gasteiger partial charge in [0.05, 0.1) is 5.52 Å². The van der Waals surface area contributed by atoms with E-state index in [1.54, 1.807) is 0 Å². The normalized spacial score (nSPS) is 11.1. The van der Waals surface area contributed by atoms with E-state index in [9.17, 15) is 0 Å². The van der Waals surface area contributed by atoms with E-state index in [1.807, 2.05) is 7.05 Å². The van der Waals surface area contributed by atoms with Crippen molar-refractivity contribution >= 4 is 21.4 Å². The Labute approximate surface area is 97.6 Å². The summed E-state index contributed by atoms with van der Waals surface area (Å²) in [5, 5.41) is 3.17. The zero-order valence-corrected chi connectivity index (χ0v) is 10.5. The van der Waals surface area contributed by atoms with Crippen LogP contribution in [0.4, 0.5) is 0 Å². The van der Waals surface area contributed by atoms with Crippen molar-refractivity contribution in [2.24, 2.45) is 0 Å². The van der Waals surface area contributed by atoms with E-state index >= 15 is 0 Å². The quantitative estimate of drug-likeness (QED) is 0.926. The molecule has 0 aliphatic carbocycles. The van der Waals surface area contributed by atoms with Crippen LogP contribution in [0.3, 0.4) is 0 Å². The highest BCUT2D eigenvalue weighted by molar-refractivity contribution is 9.10. The molecule has 15 heavy (non-hydrogen) atoms. The lowest BCUT2D eigenvalue weighted by atomic mass is 10.3. The van der Waals surface area contributed by atoms with Crippen LogP contribution >= 0.6 is 15.9 Å². The molecule has 0 bridgehead atoms. The molecule has 0 amide bonds. The molecule has 0 saturated heterocycles. The first-order chi connectivity index (χ1) is 7.27. The second-order valence-electron chi connectivity index (χ2n) is 3.44. The SMILES string of the molecule is CCc1nc(Br)c2cccc(CNC)n12. The minimum atomic E-state index is 0.854. The van der Waals surface area contributed by atoms with E-state index in [0.717, 1.165) is 28.9 Å². The molecule has 4 heteroatoms. The number of nitrogens with one attached hydrogen (secondary N) is 1. The maximum absolute atomic E-state index is 4.50. The standard InChI is InChI=1S/C11H14BrN3/c1-3-10-14-11(12)9-6-4-5-8(7-13-2)15(9)10/h4-6,13H,3,7H2,1-2H3. The number of nitrogens with zero attached hydrogens (tertiary/aromatic N) is 2. The molecule has 0 fully saturated rings. The summed E-state index contributed by atoms with van der Waals surface area (Å²) >= 11 is 3.49. The van der Waals surface area contributed by atoms with Crippen molar-refractivity contribution in [1.29, 1.82) is 0 Å². The Morgan fingerprint density at radius 1 is 1.47 bits per heavy atom. The van der Waals surface area contributed by atoms with Gasteiger partial charge in [0, 0.05) is 18.7 Å². The summed E-state index contributed by atoms with van der Waals surface area (Å²) in [5.74, 6) is 1.10. The van der Waals surface area contributed by atoms with Gasteiger partial charge in [-0.2, -0.15) is 0 Å². The number of hydrogen-bond acceptors (Lipinski definition) is 2. The molecule has 2 rings (SSSR count). The van der Waals surface area contributed by atoms with E-state index in [-0.39, 0.29) is 0 Å². The van der Waals surface area contributed by atoms with Crippen LogP contribution in [-0.4, -0.2) is 16.4 Å². The molecule has 0 atom stereocenters. The maximum atomic E-state index is 4.50. The first-order valence-corrected chi connectivity index (χ1v) is 5.86. The van der Waals surface area contributed by atoms with Crippen LogP contribution in [0.1, 0.15) is 18.4 Å². The van der Waals surface area contributed by atoms with Gasteiger partial charge >= 0.3 is 0 Å². The number of hydrogen-bond donors (Lipinski definition) is 1. The minimum absolute atomic E-state index is 0.854. The third-order valence-corrected chi connectivity index (χ3v) is 3.03. The lowest BCUT2D eigenvalue weighted by Crippen LogP contribution is -2.10. The number of imidazole rings is 1. The average molecular weight is 268 g/mol. The van der Waals surface area contributed by atoms with Crippen molar-refractivity contribution < 1.29 is 0 Å². The van der Waals surface area contributed by atoms with Crippen LogP contribution < -0.4 is 5.32 Å². The summed E-state index contributed by atoms with van der Waals surface area (Å²) in [6.45, 7) is 2.98. The Morgan fingerprint density at radius 2 is 2.27 bits per heavy atom. The summed E-state index contributed by atoms with van der Waals surface area (Å²) in [6.07, 6.45) is 0.938. The number of aromatic nitrogens is 2.